The third-order valence-corrected chi connectivity index (χ3v) is 4.48. The molecule has 0 spiro atoms. The highest BCUT2D eigenvalue weighted by atomic mass is 79.9. The Kier molecular flexibility index (Phi) is 5.30. The van der Waals surface area contributed by atoms with Gasteiger partial charge in [0.05, 0.1) is 6.54 Å². The van der Waals surface area contributed by atoms with Crippen LogP contribution in [0.25, 0.3) is 0 Å². The number of nitrogens with one attached hydrogen (secondary N) is 1. The summed E-state index contributed by atoms with van der Waals surface area (Å²) in [6.45, 7) is 0.600. The van der Waals surface area contributed by atoms with Gasteiger partial charge in [-0.15, -0.1) is 0 Å². The fourth-order valence-electron chi connectivity index (χ4n) is 2.59. The van der Waals surface area contributed by atoms with Crippen LogP contribution < -0.4 is 5.32 Å². The van der Waals surface area contributed by atoms with E-state index in [0.717, 1.165) is 22.9 Å². The van der Waals surface area contributed by atoms with E-state index in [9.17, 15) is 9.59 Å². The molecule has 1 aliphatic carbocycles. The van der Waals surface area contributed by atoms with Gasteiger partial charge in [-0.25, -0.2) is 0 Å². The summed E-state index contributed by atoms with van der Waals surface area (Å²) >= 11 is 3.46. The van der Waals surface area contributed by atoms with Crippen LogP contribution in [0, 0.1) is 0 Å². The fraction of sp³-hybridized carbons (Fsp3) is 0.263. The van der Waals surface area contributed by atoms with Crippen molar-refractivity contribution in [1.82, 2.24) is 10.2 Å². The number of benzene rings is 2. The minimum atomic E-state index is -0.220. The SMILES string of the molecule is O=C(NCC(=O)N(Cc1cccc(Br)c1)C1CC1)c1ccccc1. The third-order valence-electron chi connectivity index (χ3n) is 3.99. The maximum absolute atomic E-state index is 12.5. The highest BCUT2D eigenvalue weighted by Crippen LogP contribution is 2.28. The minimum absolute atomic E-state index is 0.0260. The Morgan fingerprint density at radius 2 is 1.83 bits per heavy atom. The van der Waals surface area contributed by atoms with Crippen LogP contribution in [0.15, 0.2) is 59.1 Å². The first kappa shape index (κ1) is 16.7. The zero-order valence-electron chi connectivity index (χ0n) is 13.2. The number of halogens is 1. The molecule has 5 heteroatoms. The number of carbonyl (C=O) groups excluding carboxylic acids is 2. The van der Waals surface area contributed by atoms with Crippen LogP contribution >= 0.6 is 15.9 Å². The van der Waals surface area contributed by atoms with Gasteiger partial charge in [0.2, 0.25) is 5.91 Å². The molecular weight excluding hydrogens is 368 g/mol. The Bertz CT molecular complexity index is 729. The van der Waals surface area contributed by atoms with Crippen molar-refractivity contribution in [2.75, 3.05) is 6.54 Å². The molecule has 0 aromatic heterocycles. The molecule has 2 aromatic rings. The molecule has 0 heterocycles. The first-order valence-corrected chi connectivity index (χ1v) is 8.80. The molecule has 0 radical (unpaired) electrons. The molecule has 1 fully saturated rings. The predicted octanol–water partition coefficient (Wildman–Crippen LogP) is 3.37. The smallest absolute Gasteiger partial charge is 0.251 e. The van der Waals surface area contributed by atoms with Gasteiger partial charge in [-0.1, -0.05) is 46.3 Å². The zero-order chi connectivity index (χ0) is 16.9. The van der Waals surface area contributed by atoms with E-state index in [2.05, 4.69) is 21.2 Å². The third kappa shape index (κ3) is 4.45. The first-order chi connectivity index (χ1) is 11.6. The van der Waals surface area contributed by atoms with Crippen LogP contribution in [-0.4, -0.2) is 29.3 Å². The summed E-state index contributed by atoms with van der Waals surface area (Å²) < 4.78 is 1.00. The lowest BCUT2D eigenvalue weighted by atomic mass is 10.2. The molecule has 0 bridgehead atoms. The standard InChI is InChI=1S/C19H19BrN2O2/c20-16-8-4-5-14(11-16)13-22(17-9-10-17)18(23)12-21-19(24)15-6-2-1-3-7-15/h1-8,11,17H,9-10,12-13H2,(H,21,24). The lowest BCUT2D eigenvalue weighted by Crippen LogP contribution is -2.41. The summed E-state index contributed by atoms with van der Waals surface area (Å²) in [5.74, 6) is -0.260. The lowest BCUT2D eigenvalue weighted by molar-refractivity contribution is -0.131. The van der Waals surface area contributed by atoms with Gasteiger partial charge in [0.15, 0.2) is 0 Å². The van der Waals surface area contributed by atoms with Gasteiger partial charge >= 0.3 is 0 Å². The number of nitrogens with zero attached hydrogens (tertiary/aromatic N) is 1. The number of rotatable bonds is 6. The van der Waals surface area contributed by atoms with Gasteiger partial charge in [-0.3, -0.25) is 9.59 Å². The fourth-order valence-corrected chi connectivity index (χ4v) is 3.03. The zero-order valence-corrected chi connectivity index (χ0v) is 14.8. The van der Waals surface area contributed by atoms with E-state index in [0.29, 0.717) is 18.2 Å². The molecule has 0 saturated heterocycles. The molecule has 0 unspecified atom stereocenters. The largest absolute Gasteiger partial charge is 0.343 e. The van der Waals surface area contributed by atoms with Crippen molar-refractivity contribution in [3.05, 3.63) is 70.2 Å². The lowest BCUT2D eigenvalue weighted by Gasteiger charge is -2.23. The van der Waals surface area contributed by atoms with Crippen LogP contribution in [-0.2, 0) is 11.3 Å². The van der Waals surface area contributed by atoms with Gasteiger partial charge in [-0.2, -0.15) is 0 Å². The highest BCUT2D eigenvalue weighted by molar-refractivity contribution is 9.10. The monoisotopic (exact) mass is 386 g/mol. The summed E-state index contributed by atoms with van der Waals surface area (Å²) in [6.07, 6.45) is 2.07. The van der Waals surface area contributed by atoms with Gasteiger partial charge in [-0.05, 0) is 42.7 Å². The normalized spacial score (nSPS) is 13.4. The van der Waals surface area contributed by atoms with E-state index in [1.165, 1.54) is 0 Å². The molecule has 4 nitrogen and oxygen atoms in total. The highest BCUT2D eigenvalue weighted by Gasteiger charge is 2.32. The Morgan fingerprint density at radius 1 is 1.08 bits per heavy atom. The molecule has 0 aliphatic heterocycles. The summed E-state index contributed by atoms with van der Waals surface area (Å²) in [6, 6.07) is 17.2. The van der Waals surface area contributed by atoms with Crippen molar-refractivity contribution in [2.45, 2.75) is 25.4 Å². The first-order valence-electron chi connectivity index (χ1n) is 8.00. The predicted molar refractivity (Wildman–Crippen MR) is 96.5 cm³/mol. The van der Waals surface area contributed by atoms with Crippen molar-refractivity contribution >= 4 is 27.7 Å². The Morgan fingerprint density at radius 3 is 2.50 bits per heavy atom. The molecule has 0 atom stereocenters. The number of hydrogen-bond acceptors (Lipinski definition) is 2. The average molecular weight is 387 g/mol. The van der Waals surface area contributed by atoms with Crippen LogP contribution in [0.2, 0.25) is 0 Å². The molecule has 1 aliphatic rings. The number of hydrogen-bond donors (Lipinski definition) is 1. The van der Waals surface area contributed by atoms with E-state index >= 15 is 0 Å². The molecule has 2 aromatic carbocycles. The van der Waals surface area contributed by atoms with E-state index in [1.807, 2.05) is 35.2 Å². The molecule has 1 N–H and O–H groups in total. The van der Waals surface area contributed by atoms with Crippen LogP contribution in [0.4, 0.5) is 0 Å². The van der Waals surface area contributed by atoms with Crippen molar-refractivity contribution < 1.29 is 9.59 Å². The maximum Gasteiger partial charge on any atom is 0.251 e. The van der Waals surface area contributed by atoms with Crippen molar-refractivity contribution in [3.63, 3.8) is 0 Å². The molecule has 124 valence electrons. The molecule has 2 amide bonds. The summed E-state index contributed by atoms with van der Waals surface area (Å²) in [5.41, 5.74) is 1.65. The summed E-state index contributed by atoms with van der Waals surface area (Å²) in [7, 11) is 0. The van der Waals surface area contributed by atoms with E-state index < -0.39 is 0 Å². The van der Waals surface area contributed by atoms with Gasteiger partial charge in [0.25, 0.3) is 5.91 Å². The average Bonchev–Trinajstić information content (AvgIpc) is 3.43. The van der Waals surface area contributed by atoms with E-state index in [-0.39, 0.29) is 18.4 Å². The Balaban J connectivity index is 1.60. The minimum Gasteiger partial charge on any atom is -0.343 e. The molecular formula is C19H19BrN2O2. The van der Waals surface area contributed by atoms with E-state index in [1.54, 1.807) is 24.3 Å². The van der Waals surface area contributed by atoms with Crippen LogP contribution in [0.3, 0.4) is 0 Å². The second-order valence-corrected chi connectivity index (χ2v) is 6.85. The van der Waals surface area contributed by atoms with Crippen LogP contribution in [0.1, 0.15) is 28.8 Å². The quantitative estimate of drug-likeness (QED) is 0.827. The van der Waals surface area contributed by atoms with Gasteiger partial charge in [0, 0.05) is 22.6 Å². The van der Waals surface area contributed by atoms with Crippen molar-refractivity contribution in [3.8, 4) is 0 Å². The Hall–Kier alpha value is -2.14. The van der Waals surface area contributed by atoms with Gasteiger partial charge in [0.1, 0.15) is 0 Å². The molecule has 3 rings (SSSR count). The summed E-state index contributed by atoms with van der Waals surface area (Å²) in [5, 5.41) is 2.72. The number of amides is 2. The second kappa shape index (κ2) is 7.62. The maximum atomic E-state index is 12.5. The second-order valence-electron chi connectivity index (χ2n) is 5.93. The molecule has 1 saturated carbocycles. The summed E-state index contributed by atoms with van der Waals surface area (Å²) in [4.78, 5) is 26.5. The number of carbonyl (C=O) groups is 2. The van der Waals surface area contributed by atoms with Crippen molar-refractivity contribution in [2.24, 2.45) is 0 Å². The molecule has 24 heavy (non-hydrogen) atoms. The van der Waals surface area contributed by atoms with Crippen molar-refractivity contribution in [1.29, 1.82) is 0 Å². The van der Waals surface area contributed by atoms with Gasteiger partial charge < -0.3 is 10.2 Å². The van der Waals surface area contributed by atoms with Crippen LogP contribution in [0.5, 0.6) is 0 Å². The Labute approximate surface area is 150 Å². The topological polar surface area (TPSA) is 49.4 Å². The van der Waals surface area contributed by atoms with E-state index in [4.69, 9.17) is 0 Å².